The van der Waals surface area contributed by atoms with E-state index in [9.17, 15) is 9.59 Å². The van der Waals surface area contributed by atoms with Crippen LogP contribution >= 0.6 is 0 Å². The summed E-state index contributed by atoms with van der Waals surface area (Å²) in [6.45, 7) is 2.09. The van der Waals surface area contributed by atoms with E-state index >= 15 is 0 Å². The molecule has 152 valence electrons. The first kappa shape index (κ1) is 19.7. The lowest BCUT2D eigenvalue weighted by Gasteiger charge is -2.35. The summed E-state index contributed by atoms with van der Waals surface area (Å²) in [4.78, 5) is 30.0. The van der Waals surface area contributed by atoms with Crippen LogP contribution < -0.4 is 0 Å². The minimum absolute atomic E-state index is 0.0160. The molecule has 4 rings (SSSR count). The molecule has 4 heteroatoms. The molecule has 1 saturated heterocycles. The average Bonchev–Trinajstić information content (AvgIpc) is 3.57. The summed E-state index contributed by atoms with van der Waals surface area (Å²) in [5, 5.41) is 0. The molecular formula is C25H30N2O2. The van der Waals surface area contributed by atoms with Gasteiger partial charge in [-0.1, -0.05) is 60.7 Å². The van der Waals surface area contributed by atoms with Crippen molar-refractivity contribution in [1.82, 2.24) is 9.80 Å². The molecule has 0 atom stereocenters. The number of hydrogen-bond donors (Lipinski definition) is 0. The molecule has 2 aromatic carbocycles. The van der Waals surface area contributed by atoms with E-state index in [1.807, 2.05) is 48.3 Å². The van der Waals surface area contributed by atoms with Crippen LogP contribution in [0, 0.1) is 11.3 Å². The fourth-order valence-corrected chi connectivity index (χ4v) is 4.53. The number of nitrogens with zero attached hydrogens (tertiary/aromatic N) is 2. The second-order valence-corrected chi connectivity index (χ2v) is 8.65. The van der Waals surface area contributed by atoms with Crippen molar-refractivity contribution < 1.29 is 9.59 Å². The van der Waals surface area contributed by atoms with Crippen LogP contribution in [0.5, 0.6) is 0 Å². The smallest absolute Gasteiger partial charge is 0.238 e. The van der Waals surface area contributed by atoms with Crippen LogP contribution in [0.1, 0.15) is 36.8 Å². The van der Waals surface area contributed by atoms with E-state index in [4.69, 9.17) is 0 Å². The maximum absolute atomic E-state index is 13.2. The molecule has 29 heavy (non-hydrogen) atoms. The van der Waals surface area contributed by atoms with Gasteiger partial charge in [-0.15, -0.1) is 0 Å². The van der Waals surface area contributed by atoms with E-state index in [0.717, 1.165) is 37.9 Å². The summed E-state index contributed by atoms with van der Waals surface area (Å²) in [6.07, 6.45) is 4.49. The van der Waals surface area contributed by atoms with Gasteiger partial charge in [-0.05, 0) is 49.1 Å². The van der Waals surface area contributed by atoms with Crippen LogP contribution in [0.25, 0.3) is 0 Å². The van der Waals surface area contributed by atoms with Gasteiger partial charge in [-0.25, -0.2) is 0 Å². The Morgan fingerprint density at radius 3 is 2.03 bits per heavy atom. The fourth-order valence-electron chi connectivity index (χ4n) is 4.53. The highest BCUT2D eigenvalue weighted by atomic mass is 16.2. The van der Waals surface area contributed by atoms with E-state index in [2.05, 4.69) is 24.3 Å². The van der Waals surface area contributed by atoms with Gasteiger partial charge in [-0.3, -0.25) is 9.59 Å². The van der Waals surface area contributed by atoms with E-state index in [-0.39, 0.29) is 11.8 Å². The maximum atomic E-state index is 13.2. The van der Waals surface area contributed by atoms with Crippen LogP contribution in [0.2, 0.25) is 0 Å². The minimum atomic E-state index is -0.796. The Hall–Kier alpha value is -2.62. The molecule has 2 amide bonds. The fraction of sp³-hybridized carbons (Fsp3) is 0.440. The van der Waals surface area contributed by atoms with Gasteiger partial charge in [0.15, 0.2) is 0 Å². The van der Waals surface area contributed by atoms with E-state index in [0.29, 0.717) is 25.3 Å². The molecule has 0 N–H and O–H groups in total. The molecule has 0 aromatic heterocycles. The third kappa shape index (κ3) is 4.36. The molecule has 1 saturated carbocycles. The SMILES string of the molecule is CN(Cc1ccccc1)C(=O)C1(C(=O)N2CCC(Cc3ccccc3)CC2)CC1. The first-order valence-electron chi connectivity index (χ1n) is 10.7. The van der Waals surface area contributed by atoms with Crippen molar-refractivity contribution in [3.8, 4) is 0 Å². The van der Waals surface area contributed by atoms with Crippen LogP contribution in [0.15, 0.2) is 60.7 Å². The first-order valence-corrected chi connectivity index (χ1v) is 10.7. The Kier molecular flexibility index (Phi) is 5.70. The van der Waals surface area contributed by atoms with E-state index in [1.165, 1.54) is 5.56 Å². The zero-order valence-corrected chi connectivity index (χ0v) is 17.2. The van der Waals surface area contributed by atoms with Crippen molar-refractivity contribution in [3.05, 3.63) is 71.8 Å². The number of hydrogen-bond acceptors (Lipinski definition) is 2. The number of amides is 2. The molecule has 2 aliphatic rings. The second kappa shape index (κ2) is 8.40. The summed E-state index contributed by atoms with van der Waals surface area (Å²) >= 11 is 0. The second-order valence-electron chi connectivity index (χ2n) is 8.65. The van der Waals surface area contributed by atoms with Gasteiger partial charge in [-0.2, -0.15) is 0 Å². The number of rotatable bonds is 6. The van der Waals surface area contributed by atoms with Crippen molar-refractivity contribution in [2.24, 2.45) is 11.3 Å². The number of carbonyl (C=O) groups is 2. The molecule has 4 nitrogen and oxygen atoms in total. The normalized spacial score (nSPS) is 18.3. The summed E-state index contributed by atoms with van der Waals surface area (Å²) in [6, 6.07) is 20.5. The molecule has 2 fully saturated rings. The lowest BCUT2D eigenvalue weighted by Crippen LogP contribution is -2.48. The highest BCUT2D eigenvalue weighted by molar-refractivity contribution is 6.07. The molecule has 1 heterocycles. The zero-order valence-electron chi connectivity index (χ0n) is 17.2. The maximum Gasteiger partial charge on any atom is 0.238 e. The monoisotopic (exact) mass is 390 g/mol. The van der Waals surface area contributed by atoms with Gasteiger partial charge in [0.05, 0.1) is 0 Å². The number of piperidine rings is 1. The lowest BCUT2D eigenvalue weighted by molar-refractivity contribution is -0.150. The van der Waals surface area contributed by atoms with Crippen LogP contribution in [0.3, 0.4) is 0 Å². The Balaban J connectivity index is 1.32. The molecule has 0 spiro atoms. The number of carbonyl (C=O) groups excluding carboxylic acids is 2. The van der Waals surface area contributed by atoms with Gasteiger partial charge in [0.2, 0.25) is 11.8 Å². The summed E-state index contributed by atoms with van der Waals surface area (Å²) < 4.78 is 0. The highest BCUT2D eigenvalue weighted by Crippen LogP contribution is 2.49. The largest absolute Gasteiger partial charge is 0.342 e. The third-order valence-electron chi connectivity index (χ3n) is 6.45. The van der Waals surface area contributed by atoms with Gasteiger partial charge in [0, 0.05) is 26.7 Å². The molecule has 1 aliphatic heterocycles. The first-order chi connectivity index (χ1) is 14.1. The standard InChI is InChI=1S/C25H30N2O2/c1-26(19-22-10-6-3-7-11-22)23(28)25(14-15-25)24(29)27-16-12-21(13-17-27)18-20-8-4-2-5-9-20/h2-11,21H,12-19H2,1H3. The van der Waals surface area contributed by atoms with Crippen molar-refractivity contribution >= 4 is 11.8 Å². The zero-order chi connectivity index (χ0) is 20.3. The summed E-state index contributed by atoms with van der Waals surface area (Å²) in [5.74, 6) is 0.659. The molecule has 0 bridgehead atoms. The van der Waals surface area contributed by atoms with Gasteiger partial charge in [0.1, 0.15) is 5.41 Å². The Labute approximate surface area is 173 Å². The van der Waals surface area contributed by atoms with E-state index in [1.54, 1.807) is 4.90 Å². The van der Waals surface area contributed by atoms with E-state index < -0.39 is 5.41 Å². The summed E-state index contributed by atoms with van der Waals surface area (Å²) in [7, 11) is 1.81. The van der Waals surface area contributed by atoms with Crippen molar-refractivity contribution in [1.29, 1.82) is 0 Å². The van der Waals surface area contributed by atoms with Crippen molar-refractivity contribution in [2.75, 3.05) is 20.1 Å². The topological polar surface area (TPSA) is 40.6 Å². The molecule has 1 aliphatic carbocycles. The molecular weight excluding hydrogens is 360 g/mol. The van der Waals surface area contributed by atoms with Crippen LogP contribution in [0.4, 0.5) is 0 Å². The predicted octanol–water partition coefficient (Wildman–Crippen LogP) is 3.91. The molecule has 0 radical (unpaired) electrons. The molecule has 2 aromatic rings. The van der Waals surface area contributed by atoms with Gasteiger partial charge >= 0.3 is 0 Å². The quantitative estimate of drug-likeness (QED) is 0.702. The Bertz CT molecular complexity index is 838. The Morgan fingerprint density at radius 1 is 0.931 bits per heavy atom. The van der Waals surface area contributed by atoms with Gasteiger partial charge in [0.25, 0.3) is 0 Å². The van der Waals surface area contributed by atoms with Crippen molar-refractivity contribution in [3.63, 3.8) is 0 Å². The lowest BCUT2D eigenvalue weighted by atomic mass is 9.89. The number of likely N-dealkylation sites (tertiary alicyclic amines) is 1. The predicted molar refractivity (Wildman–Crippen MR) is 114 cm³/mol. The number of benzene rings is 2. The molecule has 0 unspecified atom stereocenters. The van der Waals surface area contributed by atoms with Crippen LogP contribution in [-0.2, 0) is 22.6 Å². The Morgan fingerprint density at radius 2 is 1.48 bits per heavy atom. The summed E-state index contributed by atoms with van der Waals surface area (Å²) in [5.41, 5.74) is 1.66. The minimum Gasteiger partial charge on any atom is -0.342 e. The van der Waals surface area contributed by atoms with Crippen LogP contribution in [-0.4, -0.2) is 41.8 Å². The highest BCUT2D eigenvalue weighted by Gasteiger charge is 2.59. The van der Waals surface area contributed by atoms with Gasteiger partial charge < -0.3 is 9.80 Å². The van der Waals surface area contributed by atoms with Crippen molar-refractivity contribution in [2.45, 2.75) is 38.6 Å². The third-order valence-corrected chi connectivity index (χ3v) is 6.45. The average molecular weight is 391 g/mol.